The zero-order valence-electron chi connectivity index (χ0n) is 4.65. The smallest absolute Gasteiger partial charge is 0.00958 e. The van der Waals surface area contributed by atoms with Crippen LogP contribution in [-0.4, -0.2) is 7.05 Å². The van der Waals surface area contributed by atoms with Crippen LogP contribution in [0.15, 0.2) is 12.3 Å². The van der Waals surface area contributed by atoms with Gasteiger partial charge in [0.25, 0.3) is 0 Å². The third-order valence-corrected chi connectivity index (χ3v) is 0.447. The van der Waals surface area contributed by atoms with Crippen LogP contribution in [0.5, 0.6) is 0 Å². The minimum atomic E-state index is 1.79. The molecule has 3 nitrogen and oxygen atoms in total. The third-order valence-electron chi connectivity index (χ3n) is 0.447. The zero-order chi connectivity index (χ0) is 5.54. The molecule has 0 rings (SSSR count). The van der Waals surface area contributed by atoms with E-state index < -0.39 is 0 Å². The Labute approximate surface area is 43.7 Å². The van der Waals surface area contributed by atoms with Crippen LogP contribution in [-0.2, 0) is 0 Å². The first-order valence-corrected chi connectivity index (χ1v) is 2.20. The maximum Gasteiger partial charge on any atom is 0.00958 e. The summed E-state index contributed by atoms with van der Waals surface area (Å²) in [6.45, 7) is 1.93. The lowest BCUT2D eigenvalue weighted by atomic mass is 10.7. The maximum atomic E-state index is 2.74. The van der Waals surface area contributed by atoms with Crippen LogP contribution in [0.3, 0.4) is 0 Å². The first-order valence-electron chi connectivity index (χ1n) is 2.20. The molecule has 0 saturated heterocycles. The molecule has 0 bridgehead atoms. The Morgan fingerprint density at radius 3 is 2.57 bits per heavy atom. The summed E-state index contributed by atoms with van der Waals surface area (Å²) in [4.78, 5) is 0. The highest BCUT2D eigenvalue weighted by Gasteiger charge is 1.61. The van der Waals surface area contributed by atoms with E-state index in [4.69, 9.17) is 0 Å². The molecule has 0 aromatic rings. The molecule has 3 N–H and O–H groups in total. The number of hydrogen-bond acceptors (Lipinski definition) is 3. The van der Waals surface area contributed by atoms with Crippen LogP contribution in [0, 0.1) is 0 Å². The Kier molecular flexibility index (Phi) is 5.04. The first kappa shape index (κ1) is 6.46. The number of hydrazine groups is 2. The molecule has 0 heterocycles. The predicted molar refractivity (Wildman–Crippen MR) is 30.1 cm³/mol. The van der Waals surface area contributed by atoms with Gasteiger partial charge in [-0.3, -0.25) is 0 Å². The van der Waals surface area contributed by atoms with Crippen LogP contribution in [0.4, 0.5) is 0 Å². The standard InChI is InChI=1S/C4H11N3/c1-3-4-6-7-5-2/h3-7H,1-2H3/b4-3-. The first-order chi connectivity index (χ1) is 3.41. The zero-order valence-corrected chi connectivity index (χ0v) is 4.65. The summed E-state index contributed by atoms with van der Waals surface area (Å²) in [5, 5.41) is 0. The lowest BCUT2D eigenvalue weighted by molar-refractivity contribution is 0.541. The highest BCUT2D eigenvalue weighted by Crippen LogP contribution is 1.53. The molecule has 0 radical (unpaired) electrons. The van der Waals surface area contributed by atoms with E-state index in [1.807, 2.05) is 13.0 Å². The Hall–Kier alpha value is -0.540. The number of allylic oxidation sites excluding steroid dienone is 1. The van der Waals surface area contributed by atoms with Crippen molar-refractivity contribution < 1.29 is 0 Å². The van der Waals surface area contributed by atoms with Crippen LogP contribution < -0.4 is 16.4 Å². The maximum absolute atomic E-state index is 2.74. The largest absolute Gasteiger partial charge is 0.316 e. The SMILES string of the molecule is C/C=C\NNNC. The number of rotatable bonds is 3. The van der Waals surface area contributed by atoms with Gasteiger partial charge in [0.05, 0.1) is 0 Å². The fraction of sp³-hybridized carbons (Fsp3) is 0.500. The molecule has 0 aliphatic carbocycles. The molecule has 3 heteroatoms. The van der Waals surface area contributed by atoms with Crippen molar-refractivity contribution in [3.8, 4) is 0 Å². The van der Waals surface area contributed by atoms with Gasteiger partial charge in [-0.25, -0.2) is 5.43 Å². The van der Waals surface area contributed by atoms with Gasteiger partial charge in [-0.2, -0.15) is 5.53 Å². The molecule has 0 spiro atoms. The molecule has 0 aromatic heterocycles. The van der Waals surface area contributed by atoms with E-state index in [2.05, 4.69) is 16.4 Å². The Morgan fingerprint density at radius 1 is 1.43 bits per heavy atom. The summed E-state index contributed by atoms with van der Waals surface area (Å²) in [7, 11) is 1.79. The summed E-state index contributed by atoms with van der Waals surface area (Å²) in [5.41, 5.74) is 8.10. The van der Waals surface area contributed by atoms with Gasteiger partial charge < -0.3 is 5.43 Å². The molecule has 0 saturated carbocycles. The summed E-state index contributed by atoms with van der Waals surface area (Å²) in [6, 6.07) is 0. The van der Waals surface area contributed by atoms with E-state index in [1.54, 1.807) is 13.2 Å². The van der Waals surface area contributed by atoms with Crippen molar-refractivity contribution in [2.24, 2.45) is 0 Å². The van der Waals surface area contributed by atoms with Crippen molar-refractivity contribution in [3.63, 3.8) is 0 Å². The molecular weight excluding hydrogens is 90.1 g/mol. The molecule has 0 fully saturated rings. The summed E-state index contributed by atoms with van der Waals surface area (Å²) in [5.74, 6) is 0. The monoisotopic (exact) mass is 101 g/mol. The summed E-state index contributed by atoms with van der Waals surface area (Å²) >= 11 is 0. The minimum Gasteiger partial charge on any atom is -0.316 e. The number of hydrogen-bond donors (Lipinski definition) is 3. The van der Waals surface area contributed by atoms with Crippen molar-refractivity contribution in [2.45, 2.75) is 6.92 Å². The van der Waals surface area contributed by atoms with E-state index in [9.17, 15) is 0 Å². The lowest BCUT2D eigenvalue weighted by Crippen LogP contribution is -2.37. The summed E-state index contributed by atoms with van der Waals surface area (Å²) < 4.78 is 0. The normalized spacial score (nSPS) is 10.0. The Morgan fingerprint density at radius 2 is 2.14 bits per heavy atom. The summed E-state index contributed by atoms with van der Waals surface area (Å²) in [6.07, 6.45) is 3.68. The molecule has 42 valence electrons. The highest BCUT2D eigenvalue weighted by molar-refractivity contribution is 4.70. The fourth-order valence-electron chi connectivity index (χ4n) is 0.197. The highest BCUT2D eigenvalue weighted by atomic mass is 15.6. The van der Waals surface area contributed by atoms with Crippen LogP contribution in [0.1, 0.15) is 6.92 Å². The van der Waals surface area contributed by atoms with E-state index in [1.165, 1.54) is 0 Å². The Bertz CT molecular complexity index is 50.9. The molecule has 0 aliphatic heterocycles. The predicted octanol–water partition coefficient (Wildman–Crippen LogP) is -0.251. The van der Waals surface area contributed by atoms with E-state index in [-0.39, 0.29) is 0 Å². The molecule has 0 atom stereocenters. The quantitative estimate of drug-likeness (QED) is 0.339. The average Bonchev–Trinajstić information content (AvgIpc) is 1.69. The van der Waals surface area contributed by atoms with Crippen molar-refractivity contribution >= 4 is 0 Å². The van der Waals surface area contributed by atoms with Crippen molar-refractivity contribution in [1.29, 1.82) is 0 Å². The van der Waals surface area contributed by atoms with Crippen molar-refractivity contribution in [2.75, 3.05) is 7.05 Å². The van der Waals surface area contributed by atoms with E-state index >= 15 is 0 Å². The second kappa shape index (κ2) is 5.46. The van der Waals surface area contributed by atoms with Gasteiger partial charge in [0, 0.05) is 13.2 Å². The molecule has 0 unspecified atom stereocenters. The topological polar surface area (TPSA) is 36.1 Å². The van der Waals surface area contributed by atoms with Crippen molar-refractivity contribution in [1.82, 2.24) is 16.4 Å². The third kappa shape index (κ3) is 5.46. The van der Waals surface area contributed by atoms with Crippen LogP contribution >= 0.6 is 0 Å². The van der Waals surface area contributed by atoms with Gasteiger partial charge >= 0.3 is 0 Å². The van der Waals surface area contributed by atoms with E-state index in [0.29, 0.717) is 0 Å². The van der Waals surface area contributed by atoms with Crippen LogP contribution in [0.25, 0.3) is 0 Å². The second-order valence-corrected chi connectivity index (χ2v) is 1.02. The number of nitrogens with one attached hydrogen (secondary N) is 3. The van der Waals surface area contributed by atoms with E-state index in [0.717, 1.165) is 0 Å². The minimum absolute atomic E-state index is 1.79. The fourth-order valence-corrected chi connectivity index (χ4v) is 0.197. The van der Waals surface area contributed by atoms with Gasteiger partial charge in [-0.15, -0.1) is 0 Å². The molecule has 0 aromatic carbocycles. The molecule has 0 amide bonds. The Balaban J connectivity index is 2.69. The molecule has 0 aliphatic rings. The van der Waals surface area contributed by atoms with Gasteiger partial charge in [0.2, 0.25) is 0 Å². The second-order valence-electron chi connectivity index (χ2n) is 1.02. The van der Waals surface area contributed by atoms with Gasteiger partial charge in [0.15, 0.2) is 0 Å². The van der Waals surface area contributed by atoms with Gasteiger partial charge in [-0.05, 0) is 6.92 Å². The van der Waals surface area contributed by atoms with Gasteiger partial charge in [-0.1, -0.05) is 6.08 Å². The van der Waals surface area contributed by atoms with Crippen molar-refractivity contribution in [3.05, 3.63) is 12.3 Å². The van der Waals surface area contributed by atoms with Gasteiger partial charge in [0.1, 0.15) is 0 Å². The lowest BCUT2D eigenvalue weighted by Gasteiger charge is -1.97. The van der Waals surface area contributed by atoms with Crippen LogP contribution in [0.2, 0.25) is 0 Å². The molecule has 7 heavy (non-hydrogen) atoms. The molecular formula is C4H11N3. The average molecular weight is 101 g/mol.